The number of hydrogen-bond acceptors (Lipinski definition) is 1. The Hall–Kier alpha value is -0.850. The summed E-state index contributed by atoms with van der Waals surface area (Å²) in [5.41, 5.74) is 0.971. The molecule has 0 saturated carbocycles. The average molecular weight is 262 g/mol. The highest BCUT2D eigenvalue weighted by Gasteiger charge is 2.07. The second kappa shape index (κ2) is 11.0. The van der Waals surface area contributed by atoms with Crippen LogP contribution in [0.5, 0.6) is 0 Å². The molecular formula is C18H30O. The van der Waals surface area contributed by atoms with Crippen LogP contribution >= 0.6 is 0 Å². The minimum Gasteiger partial charge on any atom is -0.294 e. The van der Waals surface area contributed by atoms with Crippen LogP contribution in [0.25, 0.3) is 0 Å². The van der Waals surface area contributed by atoms with Crippen molar-refractivity contribution in [3.63, 3.8) is 0 Å². The van der Waals surface area contributed by atoms with E-state index in [1.807, 2.05) is 0 Å². The van der Waals surface area contributed by atoms with E-state index in [-0.39, 0.29) is 0 Å². The molecule has 0 bridgehead atoms. The fraction of sp³-hybridized carbons (Fsp3) is 0.722. The molecular weight excluding hydrogens is 232 g/mol. The number of hydrogen-bond donors (Lipinski definition) is 0. The maximum absolute atomic E-state index is 12.1. The lowest BCUT2D eigenvalue weighted by molar-refractivity contribution is -0.115. The minimum absolute atomic E-state index is 0.355. The highest BCUT2D eigenvalue weighted by atomic mass is 16.1. The second-order valence-corrected chi connectivity index (χ2v) is 5.64. The van der Waals surface area contributed by atoms with Crippen molar-refractivity contribution in [2.45, 2.75) is 84.0 Å². The van der Waals surface area contributed by atoms with Crippen LogP contribution in [0.15, 0.2) is 23.8 Å². The number of unbranched alkanes of at least 4 members (excludes halogenated alkanes) is 3. The summed E-state index contributed by atoms with van der Waals surface area (Å²) in [6.45, 7) is 2.22. The molecule has 108 valence electrons. The third-order valence-corrected chi connectivity index (χ3v) is 3.82. The highest BCUT2D eigenvalue weighted by Crippen LogP contribution is 2.16. The third kappa shape index (κ3) is 8.02. The molecule has 0 unspecified atom stereocenters. The first-order valence-electron chi connectivity index (χ1n) is 8.24. The summed E-state index contributed by atoms with van der Waals surface area (Å²) in [4.78, 5) is 12.1. The summed E-state index contributed by atoms with van der Waals surface area (Å²) in [6, 6.07) is 0. The van der Waals surface area contributed by atoms with Crippen molar-refractivity contribution in [1.29, 1.82) is 0 Å². The van der Waals surface area contributed by atoms with Crippen molar-refractivity contribution < 1.29 is 4.79 Å². The van der Waals surface area contributed by atoms with Crippen LogP contribution < -0.4 is 0 Å². The van der Waals surface area contributed by atoms with Crippen molar-refractivity contribution in [1.82, 2.24) is 0 Å². The molecule has 0 spiro atoms. The van der Waals surface area contributed by atoms with Crippen LogP contribution in [-0.4, -0.2) is 5.78 Å². The van der Waals surface area contributed by atoms with Gasteiger partial charge in [0.25, 0.3) is 0 Å². The normalized spacial score (nSPS) is 21.9. The van der Waals surface area contributed by atoms with E-state index in [1.54, 1.807) is 0 Å². The van der Waals surface area contributed by atoms with Gasteiger partial charge in [0.1, 0.15) is 0 Å². The van der Waals surface area contributed by atoms with Gasteiger partial charge in [-0.25, -0.2) is 0 Å². The van der Waals surface area contributed by atoms with Crippen molar-refractivity contribution >= 4 is 5.78 Å². The largest absolute Gasteiger partial charge is 0.294 e. The van der Waals surface area contributed by atoms with Gasteiger partial charge in [0.2, 0.25) is 0 Å². The van der Waals surface area contributed by atoms with Gasteiger partial charge in [-0.3, -0.25) is 4.79 Å². The first kappa shape index (κ1) is 16.2. The molecule has 1 heteroatoms. The number of Topliss-reactive ketones (excluding diaryl/α,β-unsaturated/α-hetero) is 1. The monoisotopic (exact) mass is 262 g/mol. The smallest absolute Gasteiger partial charge is 0.162 e. The van der Waals surface area contributed by atoms with Crippen LogP contribution in [0.1, 0.15) is 84.0 Å². The first-order chi connectivity index (χ1) is 9.34. The van der Waals surface area contributed by atoms with E-state index >= 15 is 0 Å². The summed E-state index contributed by atoms with van der Waals surface area (Å²) in [6.07, 6.45) is 20.6. The van der Waals surface area contributed by atoms with Crippen molar-refractivity contribution in [2.75, 3.05) is 0 Å². The molecule has 0 N–H and O–H groups in total. The number of allylic oxidation sites excluding steroid dienone is 4. The number of carbonyl (C=O) groups is 1. The molecule has 0 heterocycles. The standard InChI is InChI=1S/C18H30O/c1-2-3-4-8-11-14-17-15-12-9-6-5-7-10-13-16-18(17)19/h11,14-15H,2-10,12-13,16H2,1H3/b14-11+,17-15+. The van der Waals surface area contributed by atoms with Crippen LogP contribution in [0, 0.1) is 0 Å². The maximum atomic E-state index is 12.1. The van der Waals surface area contributed by atoms with Crippen LogP contribution in [0.2, 0.25) is 0 Å². The Bertz CT molecular complexity index is 299. The molecule has 0 aromatic heterocycles. The average Bonchev–Trinajstić information content (AvgIpc) is 2.46. The van der Waals surface area contributed by atoms with Gasteiger partial charge in [-0.05, 0) is 32.1 Å². The lowest BCUT2D eigenvalue weighted by Crippen LogP contribution is -2.00. The Morgan fingerprint density at radius 2 is 1.79 bits per heavy atom. The molecule has 0 fully saturated rings. The molecule has 1 rings (SSSR count). The van der Waals surface area contributed by atoms with Gasteiger partial charge in [-0.2, -0.15) is 0 Å². The van der Waals surface area contributed by atoms with E-state index in [4.69, 9.17) is 0 Å². The van der Waals surface area contributed by atoms with E-state index in [9.17, 15) is 4.79 Å². The van der Waals surface area contributed by atoms with Crippen molar-refractivity contribution in [2.24, 2.45) is 0 Å². The van der Waals surface area contributed by atoms with E-state index in [2.05, 4.69) is 25.2 Å². The van der Waals surface area contributed by atoms with Crippen LogP contribution in [-0.2, 0) is 4.79 Å². The number of rotatable bonds is 5. The Balaban J connectivity index is 2.47. The third-order valence-electron chi connectivity index (χ3n) is 3.82. The molecule has 0 saturated heterocycles. The molecule has 0 aliphatic heterocycles. The zero-order valence-corrected chi connectivity index (χ0v) is 12.6. The summed E-state index contributed by atoms with van der Waals surface area (Å²) >= 11 is 0. The van der Waals surface area contributed by atoms with E-state index in [0.717, 1.165) is 31.3 Å². The SMILES string of the molecule is CCCCC/C=C/C1=C\CCCCCCCCC1=O. The molecule has 19 heavy (non-hydrogen) atoms. The van der Waals surface area contributed by atoms with Gasteiger partial charge in [0.15, 0.2) is 5.78 Å². The summed E-state index contributed by atoms with van der Waals surface area (Å²) in [5, 5.41) is 0. The summed E-state index contributed by atoms with van der Waals surface area (Å²) < 4.78 is 0. The fourth-order valence-electron chi connectivity index (χ4n) is 2.54. The summed E-state index contributed by atoms with van der Waals surface area (Å²) in [7, 11) is 0. The molecule has 0 atom stereocenters. The van der Waals surface area contributed by atoms with Crippen molar-refractivity contribution in [3.05, 3.63) is 23.8 Å². The zero-order valence-electron chi connectivity index (χ0n) is 12.6. The van der Waals surface area contributed by atoms with Crippen LogP contribution in [0.3, 0.4) is 0 Å². The minimum atomic E-state index is 0.355. The van der Waals surface area contributed by atoms with Gasteiger partial charge in [-0.1, -0.05) is 63.7 Å². The Morgan fingerprint density at radius 1 is 1.05 bits per heavy atom. The fourth-order valence-corrected chi connectivity index (χ4v) is 2.54. The Kier molecular flexibility index (Phi) is 9.40. The van der Waals surface area contributed by atoms with Gasteiger partial charge in [-0.15, -0.1) is 0 Å². The second-order valence-electron chi connectivity index (χ2n) is 5.64. The zero-order chi connectivity index (χ0) is 13.8. The molecule has 0 aromatic carbocycles. The topological polar surface area (TPSA) is 17.1 Å². The Labute approximate surface area is 119 Å². The Morgan fingerprint density at radius 3 is 2.58 bits per heavy atom. The molecule has 1 aliphatic rings. The lowest BCUT2D eigenvalue weighted by atomic mass is 10.0. The van der Waals surface area contributed by atoms with E-state index in [1.165, 1.54) is 51.4 Å². The molecule has 0 radical (unpaired) electrons. The van der Waals surface area contributed by atoms with Gasteiger partial charge < -0.3 is 0 Å². The molecule has 0 amide bonds. The number of carbonyl (C=O) groups excluding carboxylic acids is 1. The molecule has 1 aliphatic carbocycles. The molecule has 1 nitrogen and oxygen atoms in total. The predicted molar refractivity (Wildman–Crippen MR) is 83.3 cm³/mol. The van der Waals surface area contributed by atoms with Gasteiger partial charge in [0, 0.05) is 12.0 Å². The van der Waals surface area contributed by atoms with Crippen LogP contribution in [0.4, 0.5) is 0 Å². The van der Waals surface area contributed by atoms with E-state index in [0.29, 0.717) is 5.78 Å². The van der Waals surface area contributed by atoms with Gasteiger partial charge >= 0.3 is 0 Å². The molecule has 0 aromatic rings. The quantitative estimate of drug-likeness (QED) is 0.576. The maximum Gasteiger partial charge on any atom is 0.162 e. The van der Waals surface area contributed by atoms with E-state index < -0.39 is 0 Å². The number of ketones is 1. The van der Waals surface area contributed by atoms with Crippen molar-refractivity contribution in [3.8, 4) is 0 Å². The van der Waals surface area contributed by atoms with Gasteiger partial charge in [0.05, 0.1) is 0 Å². The highest BCUT2D eigenvalue weighted by molar-refractivity contribution is 5.97. The summed E-state index contributed by atoms with van der Waals surface area (Å²) in [5.74, 6) is 0.355. The lowest BCUT2D eigenvalue weighted by Gasteiger charge is -2.01. The predicted octanol–water partition coefficient (Wildman–Crippen LogP) is 5.75. The first-order valence-corrected chi connectivity index (χ1v) is 8.24.